The van der Waals surface area contributed by atoms with Crippen molar-refractivity contribution in [1.29, 1.82) is 0 Å². The fourth-order valence-corrected chi connectivity index (χ4v) is 4.85. The van der Waals surface area contributed by atoms with Crippen molar-refractivity contribution in [3.8, 4) is 11.1 Å². The number of hydrogen-bond donors (Lipinski definition) is 1. The second-order valence-electron chi connectivity index (χ2n) is 8.50. The number of pyridine rings is 1. The molecule has 1 atom stereocenters. The molecule has 6 nitrogen and oxygen atoms in total. The van der Waals surface area contributed by atoms with Crippen LogP contribution >= 0.6 is 11.6 Å². The van der Waals surface area contributed by atoms with Gasteiger partial charge in [-0.25, -0.2) is 4.98 Å². The van der Waals surface area contributed by atoms with Gasteiger partial charge >= 0.3 is 0 Å². The van der Waals surface area contributed by atoms with Crippen molar-refractivity contribution in [2.75, 3.05) is 0 Å². The van der Waals surface area contributed by atoms with E-state index in [4.69, 9.17) is 11.6 Å². The minimum Gasteiger partial charge on any atom is -0.374 e. The van der Waals surface area contributed by atoms with Crippen molar-refractivity contribution in [3.63, 3.8) is 0 Å². The molecule has 5 rings (SSSR count). The summed E-state index contributed by atoms with van der Waals surface area (Å²) in [5.41, 5.74) is 2.18. The van der Waals surface area contributed by atoms with Crippen LogP contribution in [0.2, 0.25) is 5.02 Å². The van der Waals surface area contributed by atoms with Crippen LogP contribution in [0.4, 0.5) is 0 Å². The molecule has 0 bridgehead atoms. The van der Waals surface area contributed by atoms with E-state index in [0.717, 1.165) is 17.2 Å². The predicted octanol–water partition coefficient (Wildman–Crippen LogP) is 4.69. The van der Waals surface area contributed by atoms with Gasteiger partial charge in [-0.3, -0.25) is 9.59 Å². The molecule has 3 aromatic carbocycles. The highest BCUT2D eigenvalue weighted by Crippen LogP contribution is 2.40. The van der Waals surface area contributed by atoms with Crippen LogP contribution in [-0.2, 0) is 19.7 Å². The SMILES string of the molecule is Cn1cncc1C(O)(c1ccc2c(c1)c(-c1cccc(Cl)c1)cc(=O)n2C)c1ccccc1C=O. The largest absolute Gasteiger partial charge is 0.374 e. The van der Waals surface area contributed by atoms with Crippen molar-refractivity contribution < 1.29 is 9.90 Å². The number of fused-ring (bicyclic) bond motifs is 1. The Morgan fingerprint density at radius 3 is 2.51 bits per heavy atom. The summed E-state index contributed by atoms with van der Waals surface area (Å²) in [5.74, 6) is 0. The summed E-state index contributed by atoms with van der Waals surface area (Å²) in [5, 5.41) is 13.7. The van der Waals surface area contributed by atoms with Gasteiger partial charge in [-0.1, -0.05) is 54.1 Å². The molecule has 0 aliphatic carbocycles. The summed E-state index contributed by atoms with van der Waals surface area (Å²) in [7, 11) is 3.50. The van der Waals surface area contributed by atoms with Crippen LogP contribution in [0.25, 0.3) is 22.0 Å². The van der Waals surface area contributed by atoms with Gasteiger partial charge in [-0.15, -0.1) is 0 Å². The number of aryl methyl sites for hydroxylation is 2. The van der Waals surface area contributed by atoms with E-state index < -0.39 is 5.60 Å². The number of benzene rings is 3. The van der Waals surface area contributed by atoms with Crippen LogP contribution in [-0.4, -0.2) is 25.5 Å². The highest BCUT2D eigenvalue weighted by molar-refractivity contribution is 6.30. The molecule has 5 aromatic rings. The van der Waals surface area contributed by atoms with Gasteiger partial charge in [0.15, 0.2) is 5.60 Å². The fourth-order valence-electron chi connectivity index (χ4n) is 4.66. The second kappa shape index (κ2) is 8.65. The highest BCUT2D eigenvalue weighted by Gasteiger charge is 2.38. The summed E-state index contributed by atoms with van der Waals surface area (Å²) >= 11 is 6.25. The second-order valence-corrected chi connectivity index (χ2v) is 8.94. The fraction of sp³-hybridized carbons (Fsp3) is 0.107. The predicted molar refractivity (Wildman–Crippen MR) is 137 cm³/mol. The van der Waals surface area contributed by atoms with Crippen LogP contribution in [0.15, 0.2) is 90.1 Å². The van der Waals surface area contributed by atoms with Gasteiger partial charge in [-0.05, 0) is 41.0 Å². The molecule has 0 amide bonds. The molecule has 35 heavy (non-hydrogen) atoms. The molecule has 0 aliphatic rings. The van der Waals surface area contributed by atoms with Crippen molar-refractivity contribution >= 4 is 28.8 Å². The van der Waals surface area contributed by atoms with Crippen LogP contribution in [0.1, 0.15) is 27.2 Å². The topological polar surface area (TPSA) is 77.1 Å². The molecule has 2 aromatic heterocycles. The molecule has 0 aliphatic heterocycles. The number of rotatable bonds is 5. The Labute approximate surface area is 206 Å². The van der Waals surface area contributed by atoms with Crippen LogP contribution in [0.5, 0.6) is 0 Å². The van der Waals surface area contributed by atoms with E-state index >= 15 is 0 Å². The van der Waals surface area contributed by atoms with Crippen molar-refractivity contribution in [1.82, 2.24) is 14.1 Å². The number of aromatic nitrogens is 3. The number of aliphatic hydroxyl groups is 1. The average molecular weight is 484 g/mol. The Morgan fingerprint density at radius 1 is 1.00 bits per heavy atom. The lowest BCUT2D eigenvalue weighted by Gasteiger charge is -2.31. The quantitative estimate of drug-likeness (QED) is 0.368. The zero-order valence-corrected chi connectivity index (χ0v) is 19.9. The molecule has 1 unspecified atom stereocenters. The Bertz CT molecular complexity index is 1650. The van der Waals surface area contributed by atoms with Gasteiger partial charge in [0.1, 0.15) is 6.29 Å². The van der Waals surface area contributed by atoms with Gasteiger partial charge in [-0.2, -0.15) is 0 Å². The van der Waals surface area contributed by atoms with E-state index in [2.05, 4.69) is 4.98 Å². The summed E-state index contributed by atoms with van der Waals surface area (Å²) in [6, 6.07) is 21.3. The number of imidazole rings is 1. The summed E-state index contributed by atoms with van der Waals surface area (Å²) in [6.45, 7) is 0. The first-order chi connectivity index (χ1) is 16.8. The maximum absolute atomic E-state index is 12.8. The maximum Gasteiger partial charge on any atom is 0.251 e. The lowest BCUT2D eigenvalue weighted by atomic mass is 9.80. The van der Waals surface area contributed by atoms with E-state index in [0.29, 0.717) is 38.5 Å². The molecule has 2 heterocycles. The molecule has 0 saturated heterocycles. The minimum atomic E-state index is -1.68. The Morgan fingerprint density at radius 2 is 1.80 bits per heavy atom. The van der Waals surface area contributed by atoms with Crippen molar-refractivity contribution in [2.24, 2.45) is 14.1 Å². The smallest absolute Gasteiger partial charge is 0.251 e. The first-order valence-corrected chi connectivity index (χ1v) is 11.4. The molecule has 174 valence electrons. The standard InChI is InChI=1S/C28H22ClN3O3/c1-31-17-30-15-26(31)28(35,24-9-4-3-6-19(24)16-33)20-10-11-25-23(13-20)22(14-27(34)32(25)2)18-7-5-8-21(29)12-18/h3-17,35H,1-2H3. The van der Waals surface area contributed by atoms with E-state index in [1.807, 2.05) is 24.3 Å². The van der Waals surface area contributed by atoms with Gasteiger partial charge < -0.3 is 14.2 Å². The number of carbonyl (C=O) groups is 1. The summed E-state index contributed by atoms with van der Waals surface area (Å²) in [6.07, 6.45) is 3.93. The van der Waals surface area contributed by atoms with Crippen molar-refractivity contribution in [2.45, 2.75) is 5.60 Å². The molecule has 1 N–H and O–H groups in total. The summed E-state index contributed by atoms with van der Waals surface area (Å²) < 4.78 is 3.29. The highest BCUT2D eigenvalue weighted by atomic mass is 35.5. The zero-order chi connectivity index (χ0) is 24.7. The van der Waals surface area contributed by atoms with Gasteiger partial charge in [0, 0.05) is 41.7 Å². The Balaban J connectivity index is 1.87. The van der Waals surface area contributed by atoms with Gasteiger partial charge in [0.25, 0.3) is 5.56 Å². The number of aldehydes is 1. The molecule has 0 radical (unpaired) electrons. The minimum absolute atomic E-state index is 0.159. The van der Waals surface area contributed by atoms with E-state index in [1.165, 1.54) is 0 Å². The molecule has 0 saturated carbocycles. The van der Waals surface area contributed by atoms with E-state index in [-0.39, 0.29) is 5.56 Å². The van der Waals surface area contributed by atoms with E-state index in [1.54, 1.807) is 84.3 Å². The monoisotopic (exact) mass is 483 g/mol. The lowest BCUT2D eigenvalue weighted by molar-refractivity contribution is 0.106. The Kier molecular flexibility index (Phi) is 5.63. The first-order valence-electron chi connectivity index (χ1n) is 11.0. The number of hydrogen-bond acceptors (Lipinski definition) is 4. The third kappa shape index (κ3) is 3.67. The van der Waals surface area contributed by atoms with Crippen molar-refractivity contribution in [3.05, 3.63) is 123 Å². The molecular weight excluding hydrogens is 462 g/mol. The average Bonchev–Trinajstić information content (AvgIpc) is 3.31. The number of carbonyl (C=O) groups excluding carboxylic acids is 1. The molecule has 7 heteroatoms. The zero-order valence-electron chi connectivity index (χ0n) is 19.1. The number of nitrogens with zero attached hydrogens (tertiary/aromatic N) is 3. The molecule has 0 spiro atoms. The third-order valence-corrected chi connectivity index (χ3v) is 6.70. The number of halogens is 1. The van der Waals surface area contributed by atoms with Crippen LogP contribution in [0, 0.1) is 0 Å². The Hall–Kier alpha value is -4.00. The molecule has 0 fully saturated rings. The van der Waals surface area contributed by atoms with Crippen LogP contribution in [0.3, 0.4) is 0 Å². The molecular formula is C28H22ClN3O3. The normalized spacial score (nSPS) is 13.0. The van der Waals surface area contributed by atoms with Crippen LogP contribution < -0.4 is 5.56 Å². The van der Waals surface area contributed by atoms with E-state index in [9.17, 15) is 14.7 Å². The maximum atomic E-state index is 12.8. The first kappa shape index (κ1) is 22.8. The third-order valence-electron chi connectivity index (χ3n) is 6.46. The van der Waals surface area contributed by atoms with Gasteiger partial charge in [0.2, 0.25) is 0 Å². The van der Waals surface area contributed by atoms with Gasteiger partial charge in [0.05, 0.1) is 23.7 Å². The summed E-state index contributed by atoms with van der Waals surface area (Å²) in [4.78, 5) is 28.9. The lowest BCUT2D eigenvalue weighted by Crippen LogP contribution is -2.32.